The molecule has 5 nitrogen and oxygen atoms in total. The molecule has 0 fully saturated rings. The van der Waals surface area contributed by atoms with E-state index in [9.17, 15) is 13.2 Å². The standard InChI is InChI=1S/C11H14ClNO4S/c1-8(11(12)14)13(18(3,15)16)9-6-4-5-7-10(9)17-2/h4-8H,1-3H3. The Hall–Kier alpha value is -1.27. The predicted molar refractivity (Wildman–Crippen MR) is 70.6 cm³/mol. The highest BCUT2D eigenvalue weighted by Gasteiger charge is 2.29. The van der Waals surface area contributed by atoms with Gasteiger partial charge in [-0.05, 0) is 30.7 Å². The van der Waals surface area contributed by atoms with Crippen LogP contribution in [0.2, 0.25) is 0 Å². The molecule has 1 rings (SSSR count). The van der Waals surface area contributed by atoms with Crippen LogP contribution in [0.15, 0.2) is 24.3 Å². The van der Waals surface area contributed by atoms with Crippen LogP contribution in [0.4, 0.5) is 5.69 Å². The molecular weight excluding hydrogens is 278 g/mol. The van der Waals surface area contributed by atoms with Gasteiger partial charge in [0.15, 0.2) is 0 Å². The maximum atomic E-state index is 11.8. The first-order valence-corrected chi connectivity index (χ1v) is 7.33. The average Bonchev–Trinajstić information content (AvgIpc) is 2.27. The zero-order valence-electron chi connectivity index (χ0n) is 10.3. The van der Waals surface area contributed by atoms with Crippen molar-refractivity contribution >= 4 is 32.6 Å². The number of ether oxygens (including phenoxy) is 1. The second-order valence-corrected chi connectivity index (χ2v) is 5.94. The van der Waals surface area contributed by atoms with Crippen molar-refractivity contribution < 1.29 is 17.9 Å². The lowest BCUT2D eigenvalue weighted by atomic mass is 10.2. The van der Waals surface area contributed by atoms with Crippen LogP contribution >= 0.6 is 11.6 Å². The minimum Gasteiger partial charge on any atom is -0.495 e. The van der Waals surface area contributed by atoms with E-state index in [0.717, 1.165) is 10.6 Å². The molecule has 0 aromatic heterocycles. The van der Waals surface area contributed by atoms with Gasteiger partial charge in [0.2, 0.25) is 15.3 Å². The fourth-order valence-corrected chi connectivity index (χ4v) is 2.91. The third-order valence-electron chi connectivity index (χ3n) is 2.36. The lowest BCUT2D eigenvalue weighted by molar-refractivity contribution is -0.112. The van der Waals surface area contributed by atoms with Crippen molar-refractivity contribution in [1.82, 2.24) is 0 Å². The molecule has 1 atom stereocenters. The van der Waals surface area contributed by atoms with Crippen LogP contribution < -0.4 is 9.04 Å². The molecule has 0 aliphatic carbocycles. The van der Waals surface area contributed by atoms with Crippen LogP contribution in [0.5, 0.6) is 5.75 Å². The highest BCUT2D eigenvalue weighted by atomic mass is 35.5. The lowest BCUT2D eigenvalue weighted by Gasteiger charge is -2.27. The molecule has 1 unspecified atom stereocenters. The number of rotatable bonds is 5. The summed E-state index contributed by atoms with van der Waals surface area (Å²) in [5, 5.41) is -0.758. The molecule has 1 aromatic carbocycles. The number of carbonyl (C=O) groups is 1. The van der Waals surface area contributed by atoms with Crippen LogP contribution in [0.25, 0.3) is 0 Å². The third kappa shape index (κ3) is 3.14. The number of methoxy groups -OCH3 is 1. The molecule has 7 heteroatoms. The van der Waals surface area contributed by atoms with Crippen molar-refractivity contribution in [3.8, 4) is 5.75 Å². The lowest BCUT2D eigenvalue weighted by Crippen LogP contribution is -2.41. The number of halogens is 1. The normalized spacial score (nSPS) is 12.9. The molecule has 0 saturated heterocycles. The Morgan fingerprint density at radius 2 is 1.94 bits per heavy atom. The Labute approximate surface area is 111 Å². The zero-order chi connectivity index (χ0) is 13.9. The number of nitrogens with zero attached hydrogens (tertiary/aromatic N) is 1. The Balaban J connectivity index is 3.40. The van der Waals surface area contributed by atoms with Crippen molar-refractivity contribution in [1.29, 1.82) is 0 Å². The number of hydrogen-bond donors (Lipinski definition) is 0. The van der Waals surface area contributed by atoms with Gasteiger partial charge in [-0.15, -0.1) is 0 Å². The van der Waals surface area contributed by atoms with Crippen molar-refractivity contribution in [2.24, 2.45) is 0 Å². The molecule has 100 valence electrons. The van der Waals surface area contributed by atoms with E-state index in [0.29, 0.717) is 5.75 Å². The van der Waals surface area contributed by atoms with Gasteiger partial charge in [-0.2, -0.15) is 0 Å². The zero-order valence-corrected chi connectivity index (χ0v) is 11.8. The molecule has 0 spiro atoms. The van der Waals surface area contributed by atoms with E-state index in [1.165, 1.54) is 14.0 Å². The van der Waals surface area contributed by atoms with Gasteiger partial charge in [0, 0.05) is 0 Å². The van der Waals surface area contributed by atoms with Gasteiger partial charge >= 0.3 is 0 Å². The minimum atomic E-state index is -3.65. The SMILES string of the molecule is COc1ccccc1N(C(C)C(=O)Cl)S(C)(=O)=O. The monoisotopic (exact) mass is 291 g/mol. The smallest absolute Gasteiger partial charge is 0.245 e. The summed E-state index contributed by atoms with van der Waals surface area (Å²) in [5.74, 6) is 0.354. The van der Waals surface area contributed by atoms with E-state index in [1.54, 1.807) is 24.3 Å². The molecule has 18 heavy (non-hydrogen) atoms. The Morgan fingerprint density at radius 1 is 1.39 bits per heavy atom. The molecular formula is C11H14ClNO4S. The van der Waals surface area contributed by atoms with Gasteiger partial charge in [-0.25, -0.2) is 8.42 Å². The summed E-state index contributed by atoms with van der Waals surface area (Å²) in [7, 11) is -2.22. The molecule has 0 heterocycles. The summed E-state index contributed by atoms with van der Waals surface area (Å²) in [5.41, 5.74) is 0.281. The fraction of sp³-hybridized carbons (Fsp3) is 0.364. The first-order valence-electron chi connectivity index (χ1n) is 5.10. The van der Waals surface area contributed by atoms with E-state index < -0.39 is 21.3 Å². The third-order valence-corrected chi connectivity index (χ3v) is 3.90. The van der Waals surface area contributed by atoms with E-state index in [-0.39, 0.29) is 5.69 Å². The van der Waals surface area contributed by atoms with E-state index >= 15 is 0 Å². The quantitative estimate of drug-likeness (QED) is 0.773. The Kier molecular flexibility index (Phi) is 4.59. The number of anilines is 1. The molecule has 0 radical (unpaired) electrons. The molecule has 0 amide bonds. The first kappa shape index (κ1) is 14.8. The number of sulfonamides is 1. The van der Waals surface area contributed by atoms with Crippen LogP contribution in [0, 0.1) is 0 Å². The van der Waals surface area contributed by atoms with Crippen LogP contribution in [-0.2, 0) is 14.8 Å². The number of hydrogen-bond acceptors (Lipinski definition) is 4. The second kappa shape index (κ2) is 5.58. The second-order valence-electron chi connectivity index (χ2n) is 3.71. The summed E-state index contributed by atoms with van der Waals surface area (Å²) < 4.78 is 29.6. The average molecular weight is 292 g/mol. The van der Waals surface area contributed by atoms with Gasteiger partial charge in [0.1, 0.15) is 11.8 Å². The van der Waals surface area contributed by atoms with Crippen LogP contribution in [-0.4, -0.2) is 33.1 Å². The van der Waals surface area contributed by atoms with Gasteiger partial charge in [-0.3, -0.25) is 9.10 Å². The highest BCUT2D eigenvalue weighted by Crippen LogP contribution is 2.31. The van der Waals surface area contributed by atoms with Gasteiger partial charge in [0.05, 0.1) is 19.1 Å². The molecule has 0 bridgehead atoms. The van der Waals surface area contributed by atoms with Crippen LogP contribution in [0.3, 0.4) is 0 Å². The Bertz CT molecular complexity index is 544. The van der Waals surface area contributed by atoms with E-state index in [1.807, 2.05) is 0 Å². The fourth-order valence-electron chi connectivity index (χ4n) is 1.58. The Morgan fingerprint density at radius 3 is 2.39 bits per heavy atom. The van der Waals surface area contributed by atoms with Crippen LogP contribution in [0.1, 0.15) is 6.92 Å². The number of carbonyl (C=O) groups excluding carboxylic acids is 1. The summed E-state index contributed by atoms with van der Waals surface area (Å²) in [6, 6.07) is 5.52. The van der Waals surface area contributed by atoms with E-state index in [4.69, 9.17) is 16.3 Å². The van der Waals surface area contributed by atoms with Crippen molar-refractivity contribution in [3.63, 3.8) is 0 Å². The van der Waals surface area contributed by atoms with Gasteiger partial charge in [0.25, 0.3) is 0 Å². The molecule has 0 saturated carbocycles. The topological polar surface area (TPSA) is 63.7 Å². The minimum absolute atomic E-state index is 0.281. The summed E-state index contributed by atoms with van der Waals surface area (Å²) in [6.07, 6.45) is 1.01. The number of para-hydroxylation sites is 2. The van der Waals surface area contributed by atoms with Crippen molar-refractivity contribution in [2.45, 2.75) is 13.0 Å². The predicted octanol–water partition coefficient (Wildman–Crippen LogP) is 1.62. The molecule has 0 aliphatic rings. The van der Waals surface area contributed by atoms with Gasteiger partial charge < -0.3 is 4.74 Å². The first-order chi connectivity index (χ1) is 8.29. The molecule has 0 aliphatic heterocycles. The molecule has 1 aromatic rings. The summed E-state index contributed by atoms with van der Waals surface area (Å²) >= 11 is 5.39. The maximum Gasteiger partial charge on any atom is 0.245 e. The number of benzene rings is 1. The largest absolute Gasteiger partial charge is 0.495 e. The maximum absolute atomic E-state index is 11.8. The molecule has 0 N–H and O–H groups in total. The van der Waals surface area contributed by atoms with Crippen molar-refractivity contribution in [3.05, 3.63) is 24.3 Å². The summed E-state index contributed by atoms with van der Waals surface area (Å²) in [4.78, 5) is 11.2. The highest BCUT2D eigenvalue weighted by molar-refractivity contribution is 7.92. The van der Waals surface area contributed by atoms with E-state index in [2.05, 4.69) is 0 Å². The summed E-state index contributed by atoms with van der Waals surface area (Å²) in [6.45, 7) is 1.42. The van der Waals surface area contributed by atoms with Gasteiger partial charge in [-0.1, -0.05) is 12.1 Å². The van der Waals surface area contributed by atoms with Crippen molar-refractivity contribution in [2.75, 3.05) is 17.7 Å².